The van der Waals surface area contributed by atoms with Gasteiger partial charge in [0.1, 0.15) is 5.60 Å². The molecule has 0 aliphatic carbocycles. The third-order valence-electron chi connectivity index (χ3n) is 2.86. The third kappa shape index (κ3) is 2.72. The molecular weight excluding hydrogens is 212 g/mol. The van der Waals surface area contributed by atoms with Crippen LogP contribution in [-0.2, 0) is 19.1 Å². The van der Waals surface area contributed by atoms with E-state index in [1.165, 1.54) is 7.11 Å². The minimum Gasteiger partial charge on any atom is -0.547 e. The Kier molecular flexibility index (Phi) is 3.57. The Morgan fingerprint density at radius 2 is 2.00 bits per heavy atom. The summed E-state index contributed by atoms with van der Waals surface area (Å²) in [5, 5.41) is 11.2. The van der Waals surface area contributed by atoms with E-state index < -0.39 is 23.1 Å². The fourth-order valence-corrected chi connectivity index (χ4v) is 2.08. The quantitative estimate of drug-likeness (QED) is 0.637. The summed E-state index contributed by atoms with van der Waals surface area (Å²) in [6.45, 7) is 3.61. The van der Waals surface area contributed by atoms with Gasteiger partial charge in [0.05, 0.1) is 25.1 Å². The standard InChI is InChI=1S/C11H18O5/c1-10(2)5-4-6-11(16-10,9(13)14)7-8(12)15-3/h4-7H2,1-3H3,(H,13,14)/p-1. The molecule has 5 nitrogen and oxygen atoms in total. The minimum atomic E-state index is -1.53. The van der Waals surface area contributed by atoms with E-state index >= 15 is 0 Å². The van der Waals surface area contributed by atoms with E-state index in [1.807, 2.05) is 0 Å². The van der Waals surface area contributed by atoms with Crippen molar-refractivity contribution >= 4 is 11.9 Å². The largest absolute Gasteiger partial charge is 0.547 e. The Balaban J connectivity index is 2.88. The molecule has 1 heterocycles. The summed E-state index contributed by atoms with van der Waals surface area (Å²) >= 11 is 0. The molecule has 92 valence electrons. The number of aliphatic carboxylic acids is 1. The number of carbonyl (C=O) groups is 2. The highest BCUT2D eigenvalue weighted by Gasteiger charge is 2.44. The smallest absolute Gasteiger partial charge is 0.308 e. The molecule has 5 heteroatoms. The molecule has 1 aliphatic heterocycles. The summed E-state index contributed by atoms with van der Waals surface area (Å²) in [5.41, 5.74) is -2.08. The van der Waals surface area contributed by atoms with Crippen molar-refractivity contribution in [2.75, 3.05) is 7.11 Å². The lowest BCUT2D eigenvalue weighted by Gasteiger charge is -2.45. The first-order valence-electron chi connectivity index (χ1n) is 5.30. The molecule has 0 amide bonds. The van der Waals surface area contributed by atoms with Crippen LogP contribution in [0, 0.1) is 0 Å². The molecule has 1 aliphatic rings. The number of methoxy groups -OCH3 is 1. The number of ether oxygens (including phenoxy) is 2. The zero-order chi connectivity index (χ0) is 12.4. The maximum atomic E-state index is 11.2. The van der Waals surface area contributed by atoms with Crippen LogP contribution >= 0.6 is 0 Å². The monoisotopic (exact) mass is 229 g/mol. The van der Waals surface area contributed by atoms with Crippen LogP contribution in [0.25, 0.3) is 0 Å². The number of hydrogen-bond donors (Lipinski definition) is 0. The Hall–Kier alpha value is -1.10. The van der Waals surface area contributed by atoms with Crippen LogP contribution in [0.1, 0.15) is 39.5 Å². The van der Waals surface area contributed by atoms with Crippen LogP contribution in [-0.4, -0.2) is 30.3 Å². The van der Waals surface area contributed by atoms with Crippen molar-refractivity contribution in [3.63, 3.8) is 0 Å². The molecular formula is C11H17O5-. The Morgan fingerprint density at radius 3 is 2.44 bits per heavy atom. The second-order valence-corrected chi connectivity index (χ2v) is 4.75. The highest BCUT2D eigenvalue weighted by atomic mass is 16.6. The lowest BCUT2D eigenvalue weighted by molar-refractivity contribution is -0.338. The van der Waals surface area contributed by atoms with E-state index in [9.17, 15) is 14.7 Å². The molecule has 1 atom stereocenters. The SMILES string of the molecule is COC(=O)CC1(C(=O)[O-])CCCC(C)(C)O1. The highest BCUT2D eigenvalue weighted by Crippen LogP contribution is 2.37. The Morgan fingerprint density at radius 1 is 1.38 bits per heavy atom. The van der Waals surface area contributed by atoms with Gasteiger partial charge in [-0.25, -0.2) is 0 Å². The van der Waals surface area contributed by atoms with E-state index in [1.54, 1.807) is 13.8 Å². The van der Waals surface area contributed by atoms with Crippen molar-refractivity contribution in [1.82, 2.24) is 0 Å². The van der Waals surface area contributed by atoms with Gasteiger partial charge in [-0.15, -0.1) is 0 Å². The topological polar surface area (TPSA) is 75.7 Å². The summed E-state index contributed by atoms with van der Waals surface area (Å²) in [5.74, 6) is -1.94. The molecule has 0 radical (unpaired) electrons. The number of hydrogen-bond acceptors (Lipinski definition) is 5. The van der Waals surface area contributed by atoms with Crippen LogP contribution in [0.2, 0.25) is 0 Å². The molecule has 0 aromatic rings. The van der Waals surface area contributed by atoms with Gasteiger partial charge in [0.25, 0.3) is 0 Å². The van der Waals surface area contributed by atoms with Crippen LogP contribution in [0.15, 0.2) is 0 Å². The van der Waals surface area contributed by atoms with Crippen molar-refractivity contribution in [2.24, 2.45) is 0 Å². The molecule has 1 saturated heterocycles. The van der Waals surface area contributed by atoms with Gasteiger partial charge >= 0.3 is 5.97 Å². The highest BCUT2D eigenvalue weighted by molar-refractivity contribution is 5.83. The van der Waals surface area contributed by atoms with Crippen molar-refractivity contribution in [3.8, 4) is 0 Å². The van der Waals surface area contributed by atoms with Crippen molar-refractivity contribution in [3.05, 3.63) is 0 Å². The van der Waals surface area contributed by atoms with E-state index in [0.29, 0.717) is 6.42 Å². The molecule has 0 N–H and O–H groups in total. The summed E-state index contributed by atoms with van der Waals surface area (Å²) in [4.78, 5) is 22.4. The van der Waals surface area contributed by atoms with Crippen LogP contribution in [0.5, 0.6) is 0 Å². The molecule has 0 spiro atoms. The molecule has 1 fully saturated rings. The molecule has 0 aromatic carbocycles. The van der Waals surface area contributed by atoms with Gasteiger partial charge < -0.3 is 19.4 Å². The summed E-state index contributed by atoms with van der Waals surface area (Å²) in [7, 11) is 1.22. The molecule has 0 aromatic heterocycles. The maximum Gasteiger partial charge on any atom is 0.308 e. The lowest BCUT2D eigenvalue weighted by Crippen LogP contribution is -2.57. The predicted octanol–water partition coefficient (Wildman–Crippen LogP) is 0.0173. The first-order valence-corrected chi connectivity index (χ1v) is 5.30. The zero-order valence-electron chi connectivity index (χ0n) is 9.87. The number of esters is 1. The van der Waals surface area contributed by atoms with E-state index in [-0.39, 0.29) is 12.8 Å². The summed E-state index contributed by atoms with van der Waals surface area (Å²) in [6, 6.07) is 0. The number of carboxylic acids is 1. The van der Waals surface area contributed by atoms with Crippen LogP contribution in [0.4, 0.5) is 0 Å². The van der Waals surface area contributed by atoms with Crippen molar-refractivity contribution in [1.29, 1.82) is 0 Å². The van der Waals surface area contributed by atoms with Crippen LogP contribution < -0.4 is 5.11 Å². The predicted molar refractivity (Wildman–Crippen MR) is 53.4 cm³/mol. The van der Waals surface area contributed by atoms with Crippen molar-refractivity contribution in [2.45, 2.75) is 50.7 Å². The minimum absolute atomic E-state index is 0.286. The second-order valence-electron chi connectivity index (χ2n) is 4.75. The van der Waals surface area contributed by atoms with Gasteiger partial charge in [0, 0.05) is 0 Å². The van der Waals surface area contributed by atoms with Crippen molar-refractivity contribution < 1.29 is 24.2 Å². The molecule has 0 bridgehead atoms. The first kappa shape index (κ1) is 13.0. The number of rotatable bonds is 3. The van der Waals surface area contributed by atoms with Gasteiger partial charge in [-0.2, -0.15) is 0 Å². The Labute approximate surface area is 94.7 Å². The molecule has 1 rings (SSSR count). The normalized spacial score (nSPS) is 28.4. The maximum absolute atomic E-state index is 11.2. The van der Waals surface area contributed by atoms with E-state index in [0.717, 1.165) is 6.42 Å². The fourth-order valence-electron chi connectivity index (χ4n) is 2.08. The van der Waals surface area contributed by atoms with Gasteiger partial charge in [0.15, 0.2) is 0 Å². The van der Waals surface area contributed by atoms with Gasteiger partial charge in [-0.3, -0.25) is 4.79 Å². The molecule has 16 heavy (non-hydrogen) atoms. The molecule has 1 unspecified atom stereocenters. The number of carbonyl (C=O) groups excluding carboxylic acids is 2. The first-order chi connectivity index (χ1) is 7.31. The average Bonchev–Trinajstić information content (AvgIpc) is 2.15. The third-order valence-corrected chi connectivity index (χ3v) is 2.86. The molecule has 0 saturated carbocycles. The average molecular weight is 229 g/mol. The Bertz CT molecular complexity index is 297. The van der Waals surface area contributed by atoms with Gasteiger partial charge in [-0.1, -0.05) is 0 Å². The van der Waals surface area contributed by atoms with Gasteiger partial charge in [-0.05, 0) is 33.1 Å². The van der Waals surface area contributed by atoms with E-state index in [4.69, 9.17) is 4.74 Å². The van der Waals surface area contributed by atoms with Gasteiger partial charge in [0.2, 0.25) is 0 Å². The number of carboxylic acid groups (broad SMARTS) is 1. The van der Waals surface area contributed by atoms with E-state index in [2.05, 4.69) is 4.74 Å². The zero-order valence-corrected chi connectivity index (χ0v) is 9.87. The lowest BCUT2D eigenvalue weighted by atomic mass is 9.84. The van der Waals surface area contributed by atoms with Crippen LogP contribution in [0.3, 0.4) is 0 Å². The summed E-state index contributed by atoms with van der Waals surface area (Å²) < 4.78 is 10.0. The fraction of sp³-hybridized carbons (Fsp3) is 0.818. The second kappa shape index (κ2) is 4.41. The summed E-state index contributed by atoms with van der Waals surface area (Å²) in [6.07, 6.45) is 1.45.